The van der Waals surface area contributed by atoms with E-state index in [1.807, 2.05) is 6.92 Å². The maximum Gasteiger partial charge on any atom is 0.414 e. The monoisotopic (exact) mass is 368 g/mol. The first-order valence-electron chi connectivity index (χ1n) is 8.60. The van der Waals surface area contributed by atoms with E-state index in [4.69, 9.17) is 9.26 Å². The molecule has 27 heavy (non-hydrogen) atoms. The van der Waals surface area contributed by atoms with Crippen LogP contribution in [0.15, 0.2) is 41.1 Å². The van der Waals surface area contributed by atoms with Crippen LogP contribution in [-0.2, 0) is 4.74 Å². The third-order valence-electron chi connectivity index (χ3n) is 4.42. The second-order valence-electron chi connectivity index (χ2n) is 6.26. The van der Waals surface area contributed by atoms with E-state index in [1.54, 1.807) is 37.4 Å². The number of carbonyl (C=O) groups excluding carboxylic acids is 1. The van der Waals surface area contributed by atoms with Crippen molar-refractivity contribution in [3.05, 3.63) is 48.2 Å². The molecule has 2 aromatic heterocycles. The van der Waals surface area contributed by atoms with Gasteiger partial charge in [-0.3, -0.25) is 9.88 Å². The Bertz CT molecular complexity index is 987. The Labute approximate surface area is 154 Å². The van der Waals surface area contributed by atoms with Gasteiger partial charge >= 0.3 is 6.09 Å². The summed E-state index contributed by atoms with van der Waals surface area (Å²) in [4.78, 5) is 21.8. The minimum absolute atomic E-state index is 0.161. The van der Waals surface area contributed by atoms with Crippen molar-refractivity contribution in [2.75, 3.05) is 11.4 Å². The van der Waals surface area contributed by atoms with Gasteiger partial charge in [-0.1, -0.05) is 18.1 Å². The molecule has 1 fully saturated rings. The summed E-state index contributed by atoms with van der Waals surface area (Å²) in [5.74, 6) is 0.390. The van der Waals surface area contributed by atoms with Crippen molar-refractivity contribution in [2.45, 2.75) is 26.4 Å². The molecular weight excluding hydrogens is 351 g/mol. The van der Waals surface area contributed by atoms with Gasteiger partial charge in [0.05, 0.1) is 12.2 Å². The molecule has 1 aliphatic heterocycles. The molecule has 1 aromatic carbocycles. The standard InChI is InChI=1S/C19H17FN4O3/c1-3-14-10-24(19(25)26-14)13-5-6-15(16(20)8-13)12-4-7-17(21-9-12)18-22-11(2)27-23-18/h4-9,14H,3,10H2,1-2H3/t14-/m0/s1. The van der Waals surface area contributed by atoms with E-state index < -0.39 is 11.9 Å². The van der Waals surface area contributed by atoms with Gasteiger partial charge < -0.3 is 9.26 Å². The molecule has 0 radical (unpaired) electrons. The molecule has 0 spiro atoms. The molecule has 1 amide bonds. The van der Waals surface area contributed by atoms with Crippen molar-refractivity contribution in [1.82, 2.24) is 15.1 Å². The van der Waals surface area contributed by atoms with Gasteiger partial charge in [0.15, 0.2) is 0 Å². The number of nitrogens with zero attached hydrogens (tertiary/aromatic N) is 4. The van der Waals surface area contributed by atoms with Crippen LogP contribution < -0.4 is 4.90 Å². The summed E-state index contributed by atoms with van der Waals surface area (Å²) in [5, 5.41) is 3.81. The number of ether oxygens (including phenoxy) is 1. The van der Waals surface area contributed by atoms with Gasteiger partial charge in [0.2, 0.25) is 11.7 Å². The molecule has 1 aliphatic rings. The summed E-state index contributed by atoms with van der Waals surface area (Å²) < 4.78 is 24.8. The molecule has 0 saturated carbocycles. The molecule has 0 N–H and O–H groups in total. The van der Waals surface area contributed by atoms with Crippen LogP contribution in [0.1, 0.15) is 19.2 Å². The molecule has 7 nitrogen and oxygen atoms in total. The van der Waals surface area contributed by atoms with Gasteiger partial charge in [-0.2, -0.15) is 4.98 Å². The van der Waals surface area contributed by atoms with Crippen LogP contribution in [0.5, 0.6) is 0 Å². The Kier molecular flexibility index (Phi) is 4.31. The second kappa shape index (κ2) is 6.79. The minimum Gasteiger partial charge on any atom is -0.444 e. The van der Waals surface area contributed by atoms with Crippen LogP contribution in [0.25, 0.3) is 22.6 Å². The van der Waals surface area contributed by atoms with Crippen LogP contribution in [0.3, 0.4) is 0 Å². The van der Waals surface area contributed by atoms with Gasteiger partial charge in [0, 0.05) is 24.2 Å². The first-order chi connectivity index (χ1) is 13.0. The zero-order valence-corrected chi connectivity index (χ0v) is 14.8. The molecule has 4 rings (SSSR count). The molecule has 138 valence electrons. The average Bonchev–Trinajstić information content (AvgIpc) is 3.27. The molecule has 0 unspecified atom stereocenters. The fourth-order valence-corrected chi connectivity index (χ4v) is 2.94. The maximum absolute atomic E-state index is 14.7. The normalized spacial score (nSPS) is 16.6. The zero-order chi connectivity index (χ0) is 19.0. The first kappa shape index (κ1) is 17.1. The summed E-state index contributed by atoms with van der Waals surface area (Å²) >= 11 is 0. The van der Waals surface area contributed by atoms with Crippen LogP contribution in [0.2, 0.25) is 0 Å². The van der Waals surface area contributed by atoms with Crippen molar-refractivity contribution in [3.63, 3.8) is 0 Å². The number of pyridine rings is 1. The molecule has 0 bridgehead atoms. The predicted octanol–water partition coefficient (Wildman–Crippen LogP) is 3.98. The predicted molar refractivity (Wildman–Crippen MR) is 95.6 cm³/mol. The van der Waals surface area contributed by atoms with E-state index in [9.17, 15) is 9.18 Å². The Morgan fingerprint density at radius 1 is 1.30 bits per heavy atom. The van der Waals surface area contributed by atoms with E-state index in [1.165, 1.54) is 11.0 Å². The van der Waals surface area contributed by atoms with Crippen LogP contribution >= 0.6 is 0 Å². The Morgan fingerprint density at radius 3 is 2.74 bits per heavy atom. The van der Waals surface area contributed by atoms with Gasteiger partial charge in [0.25, 0.3) is 0 Å². The summed E-state index contributed by atoms with van der Waals surface area (Å²) in [6.07, 6.45) is 1.66. The smallest absolute Gasteiger partial charge is 0.414 e. The van der Waals surface area contributed by atoms with Crippen molar-refractivity contribution in [3.8, 4) is 22.6 Å². The minimum atomic E-state index is -0.449. The lowest BCUT2D eigenvalue weighted by atomic mass is 10.1. The Morgan fingerprint density at radius 2 is 2.15 bits per heavy atom. The quantitative estimate of drug-likeness (QED) is 0.693. The van der Waals surface area contributed by atoms with Crippen molar-refractivity contribution < 1.29 is 18.4 Å². The number of aromatic nitrogens is 3. The Hall–Kier alpha value is -3.29. The lowest BCUT2D eigenvalue weighted by molar-refractivity contribution is 0.139. The molecule has 1 saturated heterocycles. The summed E-state index contributed by atoms with van der Waals surface area (Å²) in [7, 11) is 0. The van der Waals surface area contributed by atoms with Gasteiger partial charge in [-0.05, 0) is 30.7 Å². The van der Waals surface area contributed by atoms with Crippen LogP contribution in [0.4, 0.5) is 14.9 Å². The fourth-order valence-electron chi connectivity index (χ4n) is 2.94. The average molecular weight is 368 g/mol. The van der Waals surface area contributed by atoms with E-state index in [2.05, 4.69) is 15.1 Å². The number of anilines is 1. The lowest BCUT2D eigenvalue weighted by Crippen LogP contribution is -2.24. The number of halogens is 1. The van der Waals surface area contributed by atoms with E-state index in [0.717, 1.165) is 6.42 Å². The molecule has 3 heterocycles. The third-order valence-corrected chi connectivity index (χ3v) is 4.42. The number of carbonyl (C=O) groups is 1. The fraction of sp³-hybridized carbons (Fsp3) is 0.263. The number of hydrogen-bond donors (Lipinski definition) is 0. The first-order valence-corrected chi connectivity index (χ1v) is 8.60. The van der Waals surface area contributed by atoms with Crippen molar-refractivity contribution in [2.24, 2.45) is 0 Å². The highest BCUT2D eigenvalue weighted by atomic mass is 19.1. The van der Waals surface area contributed by atoms with Crippen LogP contribution in [-0.4, -0.2) is 33.9 Å². The zero-order valence-electron chi connectivity index (χ0n) is 14.8. The van der Waals surface area contributed by atoms with Crippen molar-refractivity contribution >= 4 is 11.8 Å². The number of amides is 1. The molecule has 0 aliphatic carbocycles. The topological polar surface area (TPSA) is 81.4 Å². The van der Waals surface area contributed by atoms with Gasteiger partial charge in [0.1, 0.15) is 17.6 Å². The molecule has 8 heteroatoms. The van der Waals surface area contributed by atoms with Crippen LogP contribution in [0, 0.1) is 12.7 Å². The number of cyclic esters (lactones) is 1. The summed E-state index contributed by atoms with van der Waals surface area (Å²) in [5.41, 5.74) is 2.02. The summed E-state index contributed by atoms with van der Waals surface area (Å²) in [6, 6.07) is 8.12. The lowest BCUT2D eigenvalue weighted by Gasteiger charge is -2.14. The van der Waals surface area contributed by atoms with E-state index in [0.29, 0.717) is 40.8 Å². The number of hydrogen-bond acceptors (Lipinski definition) is 6. The summed E-state index contributed by atoms with van der Waals surface area (Å²) in [6.45, 7) is 4.06. The number of benzene rings is 1. The van der Waals surface area contributed by atoms with E-state index >= 15 is 0 Å². The molecule has 3 aromatic rings. The molecule has 1 atom stereocenters. The van der Waals surface area contributed by atoms with Gasteiger partial charge in [-0.25, -0.2) is 9.18 Å². The van der Waals surface area contributed by atoms with E-state index in [-0.39, 0.29) is 6.10 Å². The Balaban J connectivity index is 1.58. The highest BCUT2D eigenvalue weighted by molar-refractivity contribution is 5.90. The highest BCUT2D eigenvalue weighted by Crippen LogP contribution is 2.29. The second-order valence-corrected chi connectivity index (χ2v) is 6.26. The number of rotatable bonds is 4. The number of aryl methyl sites for hydroxylation is 1. The van der Waals surface area contributed by atoms with Gasteiger partial charge in [-0.15, -0.1) is 0 Å². The maximum atomic E-state index is 14.7. The van der Waals surface area contributed by atoms with Crippen molar-refractivity contribution in [1.29, 1.82) is 0 Å². The third kappa shape index (κ3) is 3.25. The largest absolute Gasteiger partial charge is 0.444 e. The molecular formula is C19H17FN4O3. The highest BCUT2D eigenvalue weighted by Gasteiger charge is 2.31. The SMILES string of the molecule is CC[C@H]1CN(c2ccc(-c3ccc(-c4noc(C)n4)nc3)c(F)c2)C(=O)O1.